The van der Waals surface area contributed by atoms with E-state index in [0.717, 1.165) is 11.4 Å². The zero-order valence-corrected chi connectivity index (χ0v) is 7.77. The summed E-state index contributed by atoms with van der Waals surface area (Å²) in [5.41, 5.74) is 1.44. The summed E-state index contributed by atoms with van der Waals surface area (Å²) >= 11 is 0. The van der Waals surface area contributed by atoms with Crippen LogP contribution in [0.1, 0.15) is 30.1 Å². The maximum absolute atomic E-state index is 10.6. The Hall–Kier alpha value is -1.52. The third-order valence-corrected chi connectivity index (χ3v) is 1.87. The molecule has 1 rings (SSSR count). The van der Waals surface area contributed by atoms with E-state index in [1.54, 1.807) is 13.8 Å². The second kappa shape index (κ2) is 3.47. The molecule has 0 aromatic carbocycles. The van der Waals surface area contributed by atoms with Gasteiger partial charge < -0.3 is 5.11 Å². The third kappa shape index (κ3) is 1.99. The van der Waals surface area contributed by atoms with Gasteiger partial charge in [0.15, 0.2) is 5.82 Å². The summed E-state index contributed by atoms with van der Waals surface area (Å²) in [6, 6.07) is 0. The average Bonchev–Trinajstić information content (AvgIpc) is 2.08. The first kappa shape index (κ1) is 9.57. The Morgan fingerprint density at radius 3 is 2.38 bits per heavy atom. The van der Waals surface area contributed by atoms with Crippen molar-refractivity contribution in [3.63, 3.8) is 0 Å². The molecular weight excluding hydrogens is 170 g/mol. The van der Waals surface area contributed by atoms with E-state index in [1.807, 2.05) is 0 Å². The number of hydrogen-bond acceptors (Lipinski definition) is 4. The standard InChI is InChI=1S/C8H11N3O2/c1-4(8(12)13)7-9-5(2)6(3)10-11-7/h4H,1-3H3,(H,12,13). The van der Waals surface area contributed by atoms with Gasteiger partial charge in [-0.15, -0.1) is 5.10 Å². The predicted molar refractivity (Wildman–Crippen MR) is 45.4 cm³/mol. The smallest absolute Gasteiger partial charge is 0.314 e. The molecule has 1 unspecified atom stereocenters. The second-order valence-corrected chi connectivity index (χ2v) is 2.90. The van der Waals surface area contributed by atoms with Crippen LogP contribution in [0.15, 0.2) is 0 Å². The highest BCUT2D eigenvalue weighted by Gasteiger charge is 2.17. The van der Waals surface area contributed by atoms with E-state index in [0.29, 0.717) is 0 Å². The molecule has 0 amide bonds. The summed E-state index contributed by atoms with van der Waals surface area (Å²) < 4.78 is 0. The Morgan fingerprint density at radius 2 is 1.92 bits per heavy atom. The first-order chi connectivity index (χ1) is 6.02. The van der Waals surface area contributed by atoms with E-state index < -0.39 is 11.9 Å². The van der Waals surface area contributed by atoms with Crippen LogP contribution in [-0.4, -0.2) is 26.3 Å². The molecule has 0 saturated heterocycles. The summed E-state index contributed by atoms with van der Waals surface area (Å²) in [5, 5.41) is 16.2. The fraction of sp³-hybridized carbons (Fsp3) is 0.500. The van der Waals surface area contributed by atoms with E-state index in [1.165, 1.54) is 6.92 Å². The van der Waals surface area contributed by atoms with Crippen LogP contribution in [0.5, 0.6) is 0 Å². The highest BCUT2D eigenvalue weighted by atomic mass is 16.4. The van der Waals surface area contributed by atoms with Crippen molar-refractivity contribution < 1.29 is 9.90 Å². The van der Waals surface area contributed by atoms with Gasteiger partial charge in [0.25, 0.3) is 0 Å². The normalized spacial score (nSPS) is 12.5. The molecule has 0 bridgehead atoms. The number of aryl methyl sites for hydroxylation is 2. The highest BCUT2D eigenvalue weighted by Crippen LogP contribution is 2.10. The fourth-order valence-corrected chi connectivity index (χ4v) is 0.768. The molecule has 5 heteroatoms. The van der Waals surface area contributed by atoms with Crippen molar-refractivity contribution in [2.45, 2.75) is 26.7 Å². The molecule has 1 aromatic rings. The van der Waals surface area contributed by atoms with Crippen molar-refractivity contribution in [3.8, 4) is 0 Å². The summed E-state index contributed by atoms with van der Waals surface area (Å²) in [6.07, 6.45) is 0. The molecule has 5 nitrogen and oxygen atoms in total. The molecule has 0 spiro atoms. The zero-order chi connectivity index (χ0) is 10.0. The van der Waals surface area contributed by atoms with Gasteiger partial charge in [0.05, 0.1) is 11.4 Å². The van der Waals surface area contributed by atoms with Crippen molar-refractivity contribution in [2.75, 3.05) is 0 Å². The molecule has 1 N–H and O–H groups in total. The maximum atomic E-state index is 10.6. The van der Waals surface area contributed by atoms with E-state index >= 15 is 0 Å². The monoisotopic (exact) mass is 181 g/mol. The van der Waals surface area contributed by atoms with Gasteiger partial charge in [-0.25, -0.2) is 4.98 Å². The molecular formula is C8H11N3O2. The molecule has 0 radical (unpaired) electrons. The van der Waals surface area contributed by atoms with Crippen LogP contribution in [0.2, 0.25) is 0 Å². The van der Waals surface area contributed by atoms with Crippen LogP contribution >= 0.6 is 0 Å². The summed E-state index contributed by atoms with van der Waals surface area (Å²) in [6.45, 7) is 5.10. The van der Waals surface area contributed by atoms with E-state index in [9.17, 15) is 4.79 Å². The lowest BCUT2D eigenvalue weighted by Gasteiger charge is -2.04. The number of aromatic nitrogens is 3. The molecule has 0 saturated carbocycles. The Kier molecular flexibility index (Phi) is 2.55. The van der Waals surface area contributed by atoms with Gasteiger partial charge >= 0.3 is 5.97 Å². The Balaban J connectivity index is 3.03. The topological polar surface area (TPSA) is 76.0 Å². The number of carboxylic acid groups (broad SMARTS) is 1. The number of aliphatic carboxylic acids is 1. The van der Waals surface area contributed by atoms with Crippen LogP contribution in [0.25, 0.3) is 0 Å². The molecule has 1 atom stereocenters. The molecule has 1 heterocycles. The highest BCUT2D eigenvalue weighted by molar-refractivity contribution is 5.74. The molecule has 13 heavy (non-hydrogen) atoms. The summed E-state index contributed by atoms with van der Waals surface area (Å²) in [7, 11) is 0. The lowest BCUT2D eigenvalue weighted by Crippen LogP contribution is -2.13. The number of carboxylic acids is 1. The van der Waals surface area contributed by atoms with Gasteiger partial charge in [-0.3, -0.25) is 4.79 Å². The number of rotatable bonds is 2. The molecule has 0 fully saturated rings. The third-order valence-electron chi connectivity index (χ3n) is 1.87. The van der Waals surface area contributed by atoms with E-state index in [-0.39, 0.29) is 5.82 Å². The quantitative estimate of drug-likeness (QED) is 0.725. The summed E-state index contributed by atoms with van der Waals surface area (Å²) in [5.74, 6) is -1.38. The first-order valence-electron chi connectivity index (χ1n) is 3.93. The van der Waals surface area contributed by atoms with Crippen LogP contribution in [0.3, 0.4) is 0 Å². The second-order valence-electron chi connectivity index (χ2n) is 2.90. The van der Waals surface area contributed by atoms with Gasteiger partial charge in [-0.2, -0.15) is 5.10 Å². The van der Waals surface area contributed by atoms with E-state index in [2.05, 4.69) is 15.2 Å². The van der Waals surface area contributed by atoms with Gasteiger partial charge in [0.1, 0.15) is 5.92 Å². The van der Waals surface area contributed by atoms with Crippen LogP contribution in [-0.2, 0) is 4.79 Å². The Labute approximate surface area is 75.8 Å². The molecule has 1 aromatic heterocycles. The Morgan fingerprint density at radius 1 is 1.31 bits per heavy atom. The minimum absolute atomic E-state index is 0.260. The van der Waals surface area contributed by atoms with Crippen molar-refractivity contribution >= 4 is 5.97 Å². The van der Waals surface area contributed by atoms with Crippen molar-refractivity contribution in [2.24, 2.45) is 0 Å². The molecule has 70 valence electrons. The fourth-order valence-electron chi connectivity index (χ4n) is 0.768. The lowest BCUT2D eigenvalue weighted by atomic mass is 10.2. The van der Waals surface area contributed by atoms with Crippen molar-refractivity contribution in [1.82, 2.24) is 15.2 Å². The van der Waals surface area contributed by atoms with Crippen molar-refractivity contribution in [3.05, 3.63) is 17.2 Å². The maximum Gasteiger partial charge on any atom is 0.314 e. The Bertz CT molecular complexity index is 338. The van der Waals surface area contributed by atoms with Crippen LogP contribution in [0.4, 0.5) is 0 Å². The van der Waals surface area contributed by atoms with Crippen LogP contribution < -0.4 is 0 Å². The molecule has 0 aliphatic heterocycles. The summed E-state index contributed by atoms with van der Waals surface area (Å²) in [4.78, 5) is 14.6. The zero-order valence-electron chi connectivity index (χ0n) is 7.77. The number of hydrogen-bond donors (Lipinski definition) is 1. The number of nitrogens with zero attached hydrogens (tertiary/aromatic N) is 3. The molecule has 0 aliphatic rings. The molecule has 0 aliphatic carbocycles. The van der Waals surface area contributed by atoms with Gasteiger partial charge in [-0.05, 0) is 20.8 Å². The SMILES string of the molecule is Cc1nnc(C(C)C(=O)O)nc1C. The lowest BCUT2D eigenvalue weighted by molar-refractivity contribution is -0.138. The van der Waals surface area contributed by atoms with Gasteiger partial charge in [-0.1, -0.05) is 0 Å². The minimum atomic E-state index is -0.940. The van der Waals surface area contributed by atoms with Gasteiger partial charge in [0.2, 0.25) is 0 Å². The number of carbonyl (C=O) groups is 1. The first-order valence-corrected chi connectivity index (χ1v) is 3.93. The largest absolute Gasteiger partial charge is 0.481 e. The predicted octanol–water partition coefficient (Wildman–Crippen LogP) is 0.677. The van der Waals surface area contributed by atoms with Crippen molar-refractivity contribution in [1.29, 1.82) is 0 Å². The van der Waals surface area contributed by atoms with Gasteiger partial charge in [0, 0.05) is 0 Å². The van der Waals surface area contributed by atoms with Crippen LogP contribution in [0, 0.1) is 13.8 Å². The minimum Gasteiger partial charge on any atom is -0.481 e. The van der Waals surface area contributed by atoms with E-state index in [4.69, 9.17) is 5.11 Å². The average molecular weight is 181 g/mol.